The number of carboxylic acid groups (broad SMARTS) is 1. The Labute approximate surface area is 154 Å². The minimum absolute atomic E-state index is 0.0806. The molecule has 26 heavy (non-hydrogen) atoms. The average molecular weight is 382 g/mol. The third-order valence-corrected chi connectivity index (χ3v) is 6.29. The molecular weight excluding hydrogens is 356 g/mol. The Morgan fingerprint density at radius 2 is 1.81 bits per heavy atom. The number of nitrogens with zero attached hydrogens (tertiary/aromatic N) is 2. The number of aliphatic carboxylic acids is 1. The molecule has 1 aliphatic rings. The molecule has 0 unspecified atom stereocenters. The van der Waals surface area contributed by atoms with E-state index in [-0.39, 0.29) is 10.5 Å². The van der Waals surface area contributed by atoms with Crippen molar-refractivity contribution in [2.24, 2.45) is 0 Å². The number of amides is 1. The molecule has 0 aliphatic carbocycles. The van der Waals surface area contributed by atoms with Gasteiger partial charge in [-0.3, -0.25) is 9.59 Å². The molecule has 0 saturated carbocycles. The van der Waals surface area contributed by atoms with E-state index in [9.17, 15) is 18.0 Å². The van der Waals surface area contributed by atoms with Crippen LogP contribution in [0.4, 0.5) is 0 Å². The predicted octanol–water partition coefficient (Wildman–Crippen LogP) is 2.19. The van der Waals surface area contributed by atoms with Crippen LogP contribution in [0.1, 0.15) is 49.4 Å². The number of carboxylic acids is 1. The summed E-state index contributed by atoms with van der Waals surface area (Å²) in [7, 11) is -3.66. The molecule has 1 aromatic rings. The standard InChI is InChI=1S/C18H26N2O5S/c1-2-10-19(14-17(21)22)18(23)15-8-7-9-16(13-15)26(24,25)20-11-5-3-4-6-12-20/h7-9,13H,2-6,10-12,14H2,1H3,(H,21,22). The summed E-state index contributed by atoms with van der Waals surface area (Å²) in [6, 6.07) is 5.89. The van der Waals surface area contributed by atoms with Crippen LogP contribution in [0.2, 0.25) is 0 Å². The van der Waals surface area contributed by atoms with Gasteiger partial charge in [0.15, 0.2) is 0 Å². The van der Waals surface area contributed by atoms with Gasteiger partial charge in [-0.15, -0.1) is 0 Å². The summed E-state index contributed by atoms with van der Waals surface area (Å²) in [5.74, 6) is -1.57. The van der Waals surface area contributed by atoms with E-state index in [1.807, 2.05) is 6.92 Å². The SMILES string of the molecule is CCCN(CC(=O)O)C(=O)c1cccc(S(=O)(=O)N2CCCCCC2)c1. The maximum atomic E-state index is 12.9. The quantitative estimate of drug-likeness (QED) is 0.780. The van der Waals surface area contributed by atoms with Gasteiger partial charge in [-0.05, 0) is 37.5 Å². The van der Waals surface area contributed by atoms with Gasteiger partial charge in [0.25, 0.3) is 5.91 Å². The molecule has 1 aromatic carbocycles. The van der Waals surface area contributed by atoms with E-state index in [1.165, 1.54) is 33.5 Å². The number of rotatable bonds is 7. The van der Waals surface area contributed by atoms with Crippen LogP contribution in [0.15, 0.2) is 29.2 Å². The fraction of sp³-hybridized carbons (Fsp3) is 0.556. The van der Waals surface area contributed by atoms with Crippen molar-refractivity contribution in [1.29, 1.82) is 0 Å². The summed E-state index contributed by atoms with van der Waals surface area (Å²) in [6.45, 7) is 2.72. The van der Waals surface area contributed by atoms with Crippen LogP contribution in [-0.4, -0.2) is 60.8 Å². The fourth-order valence-electron chi connectivity index (χ4n) is 3.09. The van der Waals surface area contributed by atoms with Crippen LogP contribution >= 0.6 is 0 Å². The van der Waals surface area contributed by atoms with E-state index in [2.05, 4.69) is 0 Å². The lowest BCUT2D eigenvalue weighted by Crippen LogP contribution is -2.36. The Hall–Kier alpha value is -1.93. The zero-order valence-electron chi connectivity index (χ0n) is 15.1. The summed E-state index contributed by atoms with van der Waals surface area (Å²) in [5, 5.41) is 8.99. The number of sulfonamides is 1. The molecule has 1 saturated heterocycles. The molecule has 8 heteroatoms. The second-order valence-corrected chi connectivity index (χ2v) is 8.40. The second-order valence-electron chi connectivity index (χ2n) is 6.47. The lowest BCUT2D eigenvalue weighted by atomic mass is 10.2. The van der Waals surface area contributed by atoms with Crippen LogP contribution in [-0.2, 0) is 14.8 Å². The average Bonchev–Trinajstić information content (AvgIpc) is 2.90. The fourth-order valence-corrected chi connectivity index (χ4v) is 4.65. The molecule has 0 bridgehead atoms. The summed E-state index contributed by atoms with van der Waals surface area (Å²) in [5.41, 5.74) is 0.190. The highest BCUT2D eigenvalue weighted by Crippen LogP contribution is 2.21. The zero-order chi connectivity index (χ0) is 19.2. The van der Waals surface area contributed by atoms with Crippen molar-refractivity contribution in [2.45, 2.75) is 43.9 Å². The Kier molecular flexibility index (Phi) is 7.16. The van der Waals surface area contributed by atoms with E-state index in [0.29, 0.717) is 26.1 Å². The molecule has 1 amide bonds. The zero-order valence-corrected chi connectivity index (χ0v) is 15.9. The number of benzene rings is 1. The van der Waals surface area contributed by atoms with Gasteiger partial charge in [-0.1, -0.05) is 25.8 Å². The monoisotopic (exact) mass is 382 g/mol. The van der Waals surface area contributed by atoms with Crippen LogP contribution < -0.4 is 0 Å². The molecule has 2 rings (SSSR count). The first-order chi connectivity index (χ1) is 12.4. The molecular formula is C18H26N2O5S. The predicted molar refractivity (Wildman–Crippen MR) is 97.5 cm³/mol. The first-order valence-corrected chi connectivity index (χ1v) is 10.4. The van der Waals surface area contributed by atoms with Crippen LogP contribution in [0.5, 0.6) is 0 Å². The van der Waals surface area contributed by atoms with Crippen molar-refractivity contribution in [3.05, 3.63) is 29.8 Å². The van der Waals surface area contributed by atoms with Crippen LogP contribution in [0.3, 0.4) is 0 Å². The second kappa shape index (κ2) is 9.14. The molecule has 0 radical (unpaired) electrons. The third-order valence-electron chi connectivity index (χ3n) is 4.39. The topological polar surface area (TPSA) is 95.0 Å². The Bertz CT molecular complexity index is 740. The lowest BCUT2D eigenvalue weighted by molar-refractivity contribution is -0.137. The Balaban J connectivity index is 2.28. The van der Waals surface area contributed by atoms with Gasteiger partial charge in [0.1, 0.15) is 6.54 Å². The van der Waals surface area contributed by atoms with E-state index in [4.69, 9.17) is 5.11 Å². The van der Waals surface area contributed by atoms with Gasteiger partial charge in [0, 0.05) is 25.2 Å². The number of hydrogen-bond acceptors (Lipinski definition) is 4. The lowest BCUT2D eigenvalue weighted by Gasteiger charge is -2.22. The molecule has 144 valence electrons. The van der Waals surface area contributed by atoms with Gasteiger partial charge in [-0.25, -0.2) is 8.42 Å². The van der Waals surface area contributed by atoms with Gasteiger partial charge in [-0.2, -0.15) is 4.31 Å². The number of hydrogen-bond donors (Lipinski definition) is 1. The summed E-state index contributed by atoms with van der Waals surface area (Å²) >= 11 is 0. The molecule has 7 nitrogen and oxygen atoms in total. The highest BCUT2D eigenvalue weighted by molar-refractivity contribution is 7.89. The molecule has 1 aliphatic heterocycles. The van der Waals surface area contributed by atoms with Crippen LogP contribution in [0.25, 0.3) is 0 Å². The van der Waals surface area contributed by atoms with Crippen molar-refractivity contribution in [2.75, 3.05) is 26.2 Å². The first-order valence-electron chi connectivity index (χ1n) is 8.97. The van der Waals surface area contributed by atoms with Crippen molar-refractivity contribution in [3.63, 3.8) is 0 Å². The van der Waals surface area contributed by atoms with E-state index in [1.54, 1.807) is 0 Å². The number of carbonyl (C=O) groups excluding carboxylic acids is 1. The van der Waals surface area contributed by atoms with Gasteiger partial charge in [0.05, 0.1) is 4.90 Å². The molecule has 1 heterocycles. The minimum atomic E-state index is -3.66. The highest BCUT2D eigenvalue weighted by atomic mass is 32.2. The smallest absolute Gasteiger partial charge is 0.323 e. The summed E-state index contributed by atoms with van der Waals surface area (Å²) in [4.78, 5) is 24.9. The van der Waals surface area contributed by atoms with E-state index in [0.717, 1.165) is 25.7 Å². The van der Waals surface area contributed by atoms with Gasteiger partial charge in [0.2, 0.25) is 10.0 Å². The normalized spacial score (nSPS) is 16.0. The largest absolute Gasteiger partial charge is 0.480 e. The Morgan fingerprint density at radius 3 is 2.38 bits per heavy atom. The van der Waals surface area contributed by atoms with Crippen molar-refractivity contribution in [3.8, 4) is 0 Å². The number of carbonyl (C=O) groups is 2. The molecule has 0 spiro atoms. The molecule has 0 atom stereocenters. The molecule has 1 N–H and O–H groups in total. The van der Waals surface area contributed by atoms with Crippen molar-refractivity contribution in [1.82, 2.24) is 9.21 Å². The maximum Gasteiger partial charge on any atom is 0.323 e. The van der Waals surface area contributed by atoms with Gasteiger partial charge < -0.3 is 10.0 Å². The summed E-state index contributed by atoms with van der Waals surface area (Å²) in [6.07, 6.45) is 4.32. The van der Waals surface area contributed by atoms with Gasteiger partial charge >= 0.3 is 5.97 Å². The van der Waals surface area contributed by atoms with E-state index < -0.39 is 28.4 Å². The minimum Gasteiger partial charge on any atom is -0.480 e. The van der Waals surface area contributed by atoms with Crippen LogP contribution in [0, 0.1) is 0 Å². The first kappa shape index (κ1) is 20.4. The molecule has 1 fully saturated rings. The summed E-state index contributed by atoms with van der Waals surface area (Å²) < 4.78 is 27.3. The molecule has 0 aromatic heterocycles. The maximum absolute atomic E-state index is 12.9. The van der Waals surface area contributed by atoms with Crippen molar-refractivity contribution < 1.29 is 23.1 Å². The van der Waals surface area contributed by atoms with E-state index >= 15 is 0 Å². The van der Waals surface area contributed by atoms with Crippen molar-refractivity contribution >= 4 is 21.9 Å². The highest BCUT2D eigenvalue weighted by Gasteiger charge is 2.26. The Morgan fingerprint density at radius 1 is 1.15 bits per heavy atom. The third kappa shape index (κ3) is 5.04.